The van der Waals surface area contributed by atoms with Crippen LogP contribution in [0.3, 0.4) is 0 Å². The molecule has 142 valence electrons. The largest absolute Gasteiger partial charge is 0.480 e. The van der Waals surface area contributed by atoms with E-state index in [2.05, 4.69) is 16.0 Å². The second-order valence-electron chi connectivity index (χ2n) is 5.90. The highest BCUT2D eigenvalue weighted by Gasteiger charge is 2.29. The predicted molar refractivity (Wildman–Crippen MR) is 93.9 cm³/mol. The Labute approximate surface area is 150 Å². The monoisotopic (exact) mass is 374 g/mol. The highest BCUT2D eigenvalue weighted by Crippen LogP contribution is 2.08. The number of primary amides is 1. The van der Waals surface area contributed by atoms with Crippen LogP contribution >= 0.6 is 11.8 Å². The summed E-state index contributed by atoms with van der Waals surface area (Å²) in [5.41, 5.74) is 5.02. The first kappa shape index (κ1) is 21.2. The van der Waals surface area contributed by atoms with Crippen LogP contribution in [0.2, 0.25) is 0 Å². The summed E-state index contributed by atoms with van der Waals surface area (Å²) < 4.78 is 0. The number of carboxylic acids is 1. The number of rotatable bonds is 11. The molecule has 25 heavy (non-hydrogen) atoms. The lowest BCUT2D eigenvalue weighted by molar-refractivity contribution is -0.142. The fourth-order valence-electron chi connectivity index (χ4n) is 2.50. The summed E-state index contributed by atoms with van der Waals surface area (Å²) in [7, 11) is 0. The van der Waals surface area contributed by atoms with Crippen molar-refractivity contribution in [1.82, 2.24) is 16.0 Å². The number of hydrogen-bond donors (Lipinski definition) is 5. The molecule has 6 N–H and O–H groups in total. The lowest BCUT2D eigenvalue weighted by Gasteiger charge is -2.22. The number of thioether (sulfide) groups is 1. The average molecular weight is 374 g/mol. The molecule has 0 bridgehead atoms. The summed E-state index contributed by atoms with van der Waals surface area (Å²) >= 11 is 1.52. The van der Waals surface area contributed by atoms with Gasteiger partial charge < -0.3 is 26.8 Å². The van der Waals surface area contributed by atoms with Crippen molar-refractivity contribution in [2.75, 3.05) is 18.6 Å². The predicted octanol–water partition coefficient (Wildman–Crippen LogP) is -1.19. The van der Waals surface area contributed by atoms with E-state index in [1.807, 2.05) is 6.26 Å². The first-order valence-corrected chi connectivity index (χ1v) is 9.58. The van der Waals surface area contributed by atoms with Gasteiger partial charge in [0.05, 0.1) is 6.04 Å². The number of carboxylic acid groups (broad SMARTS) is 1. The van der Waals surface area contributed by atoms with Crippen LogP contribution in [0.4, 0.5) is 0 Å². The molecule has 0 saturated carbocycles. The number of aliphatic carboxylic acids is 1. The lowest BCUT2D eigenvalue weighted by atomic mass is 10.1. The third-order valence-electron chi connectivity index (χ3n) is 3.91. The van der Waals surface area contributed by atoms with Crippen molar-refractivity contribution >= 4 is 35.5 Å². The SMILES string of the molecule is CSCC[C@H](NC(=O)[C@@H]1CCCN1)C(=O)N[C@@H](CCC(N)=O)C(=O)O. The van der Waals surface area contributed by atoms with Gasteiger partial charge in [-0.3, -0.25) is 14.4 Å². The Kier molecular flexibility index (Phi) is 9.28. The van der Waals surface area contributed by atoms with Gasteiger partial charge in [0.25, 0.3) is 0 Å². The fourth-order valence-corrected chi connectivity index (χ4v) is 2.97. The van der Waals surface area contributed by atoms with Gasteiger partial charge >= 0.3 is 5.97 Å². The lowest BCUT2D eigenvalue weighted by Crippen LogP contribution is -2.54. The Morgan fingerprint density at radius 3 is 2.48 bits per heavy atom. The van der Waals surface area contributed by atoms with Crippen LogP contribution < -0.4 is 21.7 Å². The van der Waals surface area contributed by atoms with E-state index in [0.29, 0.717) is 18.6 Å². The van der Waals surface area contributed by atoms with Gasteiger partial charge in [0, 0.05) is 6.42 Å². The summed E-state index contributed by atoms with van der Waals surface area (Å²) in [4.78, 5) is 46.7. The number of amides is 3. The maximum atomic E-state index is 12.4. The molecule has 3 amide bonds. The van der Waals surface area contributed by atoms with Crippen molar-refractivity contribution in [3.8, 4) is 0 Å². The molecule has 1 rings (SSSR count). The minimum atomic E-state index is -1.25. The number of nitrogens with one attached hydrogen (secondary N) is 3. The number of hydrogen-bond acceptors (Lipinski definition) is 6. The highest BCUT2D eigenvalue weighted by molar-refractivity contribution is 7.98. The molecule has 0 spiro atoms. The van der Waals surface area contributed by atoms with E-state index in [4.69, 9.17) is 5.73 Å². The van der Waals surface area contributed by atoms with E-state index >= 15 is 0 Å². The van der Waals surface area contributed by atoms with E-state index in [9.17, 15) is 24.3 Å². The molecule has 0 aromatic carbocycles. The molecule has 0 aromatic rings. The quantitative estimate of drug-likeness (QED) is 0.305. The Morgan fingerprint density at radius 1 is 1.24 bits per heavy atom. The summed E-state index contributed by atoms with van der Waals surface area (Å²) in [5, 5.41) is 17.3. The minimum absolute atomic E-state index is 0.0935. The Bertz CT molecular complexity index is 496. The first-order valence-electron chi connectivity index (χ1n) is 8.19. The van der Waals surface area contributed by atoms with Gasteiger partial charge in [-0.2, -0.15) is 11.8 Å². The molecule has 3 atom stereocenters. The molecule has 10 heteroatoms. The minimum Gasteiger partial charge on any atom is -0.480 e. The molecule has 1 aliphatic rings. The molecule has 0 aliphatic carbocycles. The molecule has 1 saturated heterocycles. The van der Waals surface area contributed by atoms with Gasteiger partial charge in [-0.15, -0.1) is 0 Å². The van der Waals surface area contributed by atoms with Crippen LogP contribution in [0.15, 0.2) is 0 Å². The van der Waals surface area contributed by atoms with Crippen LogP contribution in [0.25, 0.3) is 0 Å². The van der Waals surface area contributed by atoms with Gasteiger partial charge in [-0.05, 0) is 44.2 Å². The van der Waals surface area contributed by atoms with Crippen molar-refractivity contribution < 1.29 is 24.3 Å². The highest BCUT2D eigenvalue weighted by atomic mass is 32.2. The summed E-state index contributed by atoms with van der Waals surface area (Å²) in [5.74, 6) is -2.09. The zero-order valence-corrected chi connectivity index (χ0v) is 15.1. The van der Waals surface area contributed by atoms with E-state index < -0.39 is 29.9 Å². The normalized spacial score (nSPS) is 19.0. The molecule has 0 unspecified atom stereocenters. The van der Waals surface area contributed by atoms with Gasteiger partial charge in [-0.25, -0.2) is 4.79 Å². The topological polar surface area (TPSA) is 151 Å². The Balaban J connectivity index is 2.67. The molecule has 0 aromatic heterocycles. The summed E-state index contributed by atoms with van der Waals surface area (Å²) in [6.07, 6.45) is 3.62. The number of carbonyl (C=O) groups is 4. The summed E-state index contributed by atoms with van der Waals surface area (Å²) in [6.45, 7) is 0.758. The molecule has 1 fully saturated rings. The number of nitrogens with two attached hydrogens (primary N) is 1. The van der Waals surface area contributed by atoms with Crippen molar-refractivity contribution in [1.29, 1.82) is 0 Å². The van der Waals surface area contributed by atoms with Crippen LogP contribution in [0.1, 0.15) is 32.1 Å². The van der Waals surface area contributed by atoms with Crippen molar-refractivity contribution in [3.05, 3.63) is 0 Å². The molecule has 1 aliphatic heterocycles. The van der Waals surface area contributed by atoms with E-state index in [1.165, 1.54) is 11.8 Å². The third kappa shape index (κ3) is 7.74. The second-order valence-corrected chi connectivity index (χ2v) is 6.88. The second kappa shape index (κ2) is 10.9. The van der Waals surface area contributed by atoms with Gasteiger partial charge in [0.2, 0.25) is 17.7 Å². The molecule has 1 heterocycles. The van der Waals surface area contributed by atoms with Crippen LogP contribution in [-0.2, 0) is 19.2 Å². The standard InChI is InChI=1S/C15H26N4O5S/c1-25-8-6-10(18-13(21)9-3-2-7-17-9)14(22)19-11(15(23)24)4-5-12(16)20/h9-11,17H,2-8H2,1H3,(H2,16,20)(H,18,21)(H,19,22)(H,23,24)/t9-,10-,11-/m0/s1. The molecule has 0 radical (unpaired) electrons. The third-order valence-corrected chi connectivity index (χ3v) is 4.56. The van der Waals surface area contributed by atoms with E-state index in [1.54, 1.807) is 0 Å². The average Bonchev–Trinajstić information content (AvgIpc) is 3.08. The maximum absolute atomic E-state index is 12.4. The van der Waals surface area contributed by atoms with Crippen molar-refractivity contribution in [2.45, 2.75) is 50.2 Å². The van der Waals surface area contributed by atoms with Crippen LogP contribution in [-0.4, -0.2) is 65.5 Å². The molecular weight excluding hydrogens is 348 g/mol. The van der Waals surface area contributed by atoms with Crippen LogP contribution in [0.5, 0.6) is 0 Å². The molecule has 9 nitrogen and oxygen atoms in total. The zero-order chi connectivity index (χ0) is 18.8. The van der Waals surface area contributed by atoms with Crippen molar-refractivity contribution in [2.24, 2.45) is 5.73 Å². The van der Waals surface area contributed by atoms with Gasteiger partial charge in [-0.1, -0.05) is 0 Å². The van der Waals surface area contributed by atoms with Gasteiger partial charge in [0.15, 0.2) is 0 Å². The van der Waals surface area contributed by atoms with E-state index in [0.717, 1.165) is 13.0 Å². The smallest absolute Gasteiger partial charge is 0.326 e. The number of carbonyl (C=O) groups excluding carboxylic acids is 3. The van der Waals surface area contributed by atoms with Crippen LogP contribution in [0, 0.1) is 0 Å². The fraction of sp³-hybridized carbons (Fsp3) is 0.733. The van der Waals surface area contributed by atoms with E-state index in [-0.39, 0.29) is 24.8 Å². The Hall–Kier alpha value is -1.81. The first-order chi connectivity index (χ1) is 11.8. The van der Waals surface area contributed by atoms with Crippen molar-refractivity contribution in [3.63, 3.8) is 0 Å². The maximum Gasteiger partial charge on any atom is 0.326 e. The Morgan fingerprint density at radius 2 is 1.96 bits per heavy atom. The summed E-state index contributed by atoms with van der Waals surface area (Å²) in [6, 6.07) is -2.37. The van der Waals surface area contributed by atoms with Gasteiger partial charge in [0.1, 0.15) is 12.1 Å². The molecular formula is C15H26N4O5S. The zero-order valence-electron chi connectivity index (χ0n) is 14.2.